The number of anilines is 1. The molecule has 0 amide bonds. The van der Waals surface area contributed by atoms with Crippen LogP contribution in [-0.2, 0) is 6.54 Å². The van der Waals surface area contributed by atoms with E-state index in [4.69, 9.17) is 5.11 Å². The van der Waals surface area contributed by atoms with Gasteiger partial charge in [-0.1, -0.05) is 0 Å². The first kappa shape index (κ1) is 13.0. The van der Waals surface area contributed by atoms with E-state index >= 15 is 0 Å². The molecule has 3 aromatic heterocycles. The maximum absolute atomic E-state index is 9.14. The number of thiophene rings is 1. The van der Waals surface area contributed by atoms with Crippen LogP contribution in [-0.4, -0.2) is 45.3 Å². The van der Waals surface area contributed by atoms with Gasteiger partial charge in [0.1, 0.15) is 5.69 Å². The van der Waals surface area contributed by atoms with Crippen molar-refractivity contribution in [3.8, 4) is 11.5 Å². The van der Waals surface area contributed by atoms with Crippen LogP contribution in [0.3, 0.4) is 0 Å². The highest BCUT2D eigenvalue weighted by molar-refractivity contribution is 7.17. The lowest BCUT2D eigenvalue weighted by Crippen LogP contribution is -2.13. The van der Waals surface area contributed by atoms with Crippen molar-refractivity contribution in [3.63, 3.8) is 0 Å². The largest absolute Gasteiger partial charge is 0.395 e. The van der Waals surface area contributed by atoms with Gasteiger partial charge in [-0.25, -0.2) is 15.0 Å². The van der Waals surface area contributed by atoms with Gasteiger partial charge in [0.25, 0.3) is 0 Å². The summed E-state index contributed by atoms with van der Waals surface area (Å²) in [7, 11) is 3.83. The molecule has 0 aliphatic rings. The Morgan fingerprint density at radius 2 is 2.20 bits per heavy atom. The molecule has 0 fully saturated rings. The monoisotopic (exact) mass is 289 g/mol. The van der Waals surface area contributed by atoms with Gasteiger partial charge >= 0.3 is 0 Å². The summed E-state index contributed by atoms with van der Waals surface area (Å²) in [5.41, 5.74) is 1.73. The molecule has 1 N–H and O–H groups in total. The summed E-state index contributed by atoms with van der Waals surface area (Å²) < 4.78 is 2.92. The Kier molecular flexibility index (Phi) is 3.37. The molecule has 3 rings (SSSR count). The standard InChI is InChI=1S/C13H15N5OS/c1-17(2)13-15-9-3-8-20-11(9)10(16-13)12-14-4-5-18(12)6-7-19/h3-5,8,19H,6-7H2,1-2H3. The zero-order valence-corrected chi connectivity index (χ0v) is 12.1. The molecule has 0 atom stereocenters. The van der Waals surface area contributed by atoms with Gasteiger partial charge < -0.3 is 14.6 Å². The number of imidazole rings is 1. The molecule has 104 valence electrons. The molecule has 6 nitrogen and oxygen atoms in total. The maximum atomic E-state index is 9.14. The van der Waals surface area contributed by atoms with Crippen LogP contribution in [0.25, 0.3) is 21.7 Å². The predicted molar refractivity (Wildman–Crippen MR) is 80.0 cm³/mol. The summed E-state index contributed by atoms with van der Waals surface area (Å²) in [5.74, 6) is 1.42. The van der Waals surface area contributed by atoms with Crippen LogP contribution in [0.5, 0.6) is 0 Å². The normalized spacial score (nSPS) is 11.2. The Morgan fingerprint density at radius 3 is 2.95 bits per heavy atom. The van der Waals surface area contributed by atoms with Gasteiger partial charge in [0.2, 0.25) is 5.95 Å². The zero-order valence-electron chi connectivity index (χ0n) is 11.3. The van der Waals surface area contributed by atoms with Crippen LogP contribution in [0.4, 0.5) is 5.95 Å². The number of aromatic nitrogens is 4. The summed E-state index contributed by atoms with van der Waals surface area (Å²) in [6, 6.07) is 1.98. The van der Waals surface area contributed by atoms with Crippen LogP contribution in [0.2, 0.25) is 0 Å². The van der Waals surface area contributed by atoms with E-state index in [2.05, 4.69) is 15.0 Å². The summed E-state index contributed by atoms with van der Waals surface area (Å²) in [6.45, 7) is 0.575. The molecule has 3 aromatic rings. The minimum Gasteiger partial charge on any atom is -0.395 e. The average molecular weight is 289 g/mol. The van der Waals surface area contributed by atoms with E-state index in [1.807, 2.05) is 41.2 Å². The van der Waals surface area contributed by atoms with E-state index < -0.39 is 0 Å². The van der Waals surface area contributed by atoms with Gasteiger partial charge in [-0.2, -0.15) is 0 Å². The number of aliphatic hydroxyl groups excluding tert-OH is 1. The highest BCUT2D eigenvalue weighted by atomic mass is 32.1. The lowest BCUT2D eigenvalue weighted by atomic mass is 10.3. The third kappa shape index (κ3) is 2.14. The van der Waals surface area contributed by atoms with Gasteiger partial charge in [0.05, 0.1) is 16.8 Å². The lowest BCUT2D eigenvalue weighted by molar-refractivity contribution is 0.276. The minimum atomic E-state index is 0.0720. The number of fused-ring (bicyclic) bond motifs is 1. The second kappa shape index (κ2) is 5.18. The fraction of sp³-hybridized carbons (Fsp3) is 0.308. The molecular formula is C13H15N5OS. The van der Waals surface area contributed by atoms with Crippen LogP contribution < -0.4 is 4.90 Å². The topological polar surface area (TPSA) is 67.1 Å². The zero-order chi connectivity index (χ0) is 14.1. The summed E-state index contributed by atoms with van der Waals surface area (Å²) in [4.78, 5) is 15.4. The Morgan fingerprint density at radius 1 is 1.35 bits per heavy atom. The summed E-state index contributed by atoms with van der Waals surface area (Å²) >= 11 is 1.60. The first-order valence-corrected chi connectivity index (χ1v) is 7.13. The molecule has 3 heterocycles. The van der Waals surface area contributed by atoms with Gasteiger partial charge in [-0.15, -0.1) is 11.3 Å². The van der Waals surface area contributed by atoms with Gasteiger partial charge in [-0.3, -0.25) is 0 Å². The maximum Gasteiger partial charge on any atom is 0.226 e. The Balaban J connectivity index is 2.23. The average Bonchev–Trinajstić information content (AvgIpc) is 3.06. The van der Waals surface area contributed by atoms with Crippen molar-refractivity contribution < 1.29 is 5.11 Å². The van der Waals surface area contributed by atoms with Crippen LogP contribution in [0.1, 0.15) is 0 Å². The van der Waals surface area contributed by atoms with Crippen molar-refractivity contribution in [1.82, 2.24) is 19.5 Å². The van der Waals surface area contributed by atoms with E-state index in [9.17, 15) is 0 Å². The van der Waals surface area contributed by atoms with Crippen molar-refractivity contribution in [2.24, 2.45) is 0 Å². The molecule has 7 heteroatoms. The number of nitrogens with zero attached hydrogens (tertiary/aromatic N) is 5. The van der Waals surface area contributed by atoms with E-state index in [0.29, 0.717) is 12.5 Å². The Labute approximate surface area is 120 Å². The molecule has 0 aromatic carbocycles. The second-order valence-electron chi connectivity index (χ2n) is 4.57. The van der Waals surface area contributed by atoms with E-state index in [0.717, 1.165) is 21.7 Å². The molecule has 0 saturated heterocycles. The molecule has 0 saturated carbocycles. The quantitative estimate of drug-likeness (QED) is 0.790. The van der Waals surface area contributed by atoms with E-state index in [1.165, 1.54) is 0 Å². The van der Waals surface area contributed by atoms with Crippen molar-refractivity contribution in [2.75, 3.05) is 25.6 Å². The van der Waals surface area contributed by atoms with Gasteiger partial charge in [0.15, 0.2) is 5.82 Å². The molecular weight excluding hydrogens is 274 g/mol. The number of hydrogen-bond donors (Lipinski definition) is 1. The smallest absolute Gasteiger partial charge is 0.226 e. The lowest BCUT2D eigenvalue weighted by Gasteiger charge is -2.12. The second-order valence-corrected chi connectivity index (χ2v) is 5.49. The first-order valence-electron chi connectivity index (χ1n) is 6.25. The third-order valence-corrected chi connectivity index (χ3v) is 3.87. The van der Waals surface area contributed by atoms with E-state index in [1.54, 1.807) is 17.5 Å². The molecule has 20 heavy (non-hydrogen) atoms. The van der Waals surface area contributed by atoms with Crippen molar-refractivity contribution in [2.45, 2.75) is 6.54 Å². The predicted octanol–water partition coefficient (Wildman–Crippen LogP) is 1.61. The SMILES string of the molecule is CN(C)c1nc(-c2nccn2CCO)c2sccc2n1. The molecule has 0 spiro atoms. The Bertz CT molecular complexity index is 733. The Hall–Kier alpha value is -1.99. The van der Waals surface area contributed by atoms with Crippen LogP contribution >= 0.6 is 11.3 Å². The highest BCUT2D eigenvalue weighted by Gasteiger charge is 2.16. The fourth-order valence-corrected chi connectivity index (χ4v) is 2.83. The van der Waals surface area contributed by atoms with Gasteiger partial charge in [-0.05, 0) is 11.4 Å². The molecule has 0 aliphatic heterocycles. The van der Waals surface area contributed by atoms with Crippen LogP contribution in [0.15, 0.2) is 23.8 Å². The number of hydrogen-bond acceptors (Lipinski definition) is 6. The highest BCUT2D eigenvalue weighted by Crippen LogP contribution is 2.30. The van der Waals surface area contributed by atoms with Crippen molar-refractivity contribution >= 4 is 27.5 Å². The third-order valence-electron chi connectivity index (χ3n) is 2.96. The van der Waals surface area contributed by atoms with Gasteiger partial charge in [0, 0.05) is 33.0 Å². The van der Waals surface area contributed by atoms with Crippen molar-refractivity contribution in [3.05, 3.63) is 23.8 Å². The number of rotatable bonds is 4. The molecule has 0 aliphatic carbocycles. The molecule has 0 unspecified atom stereocenters. The van der Waals surface area contributed by atoms with Crippen molar-refractivity contribution in [1.29, 1.82) is 0 Å². The molecule has 0 bridgehead atoms. The van der Waals surface area contributed by atoms with Crippen LogP contribution in [0, 0.1) is 0 Å². The fourth-order valence-electron chi connectivity index (χ4n) is 2.02. The minimum absolute atomic E-state index is 0.0720. The summed E-state index contributed by atoms with van der Waals surface area (Å²) in [6.07, 6.45) is 3.57. The summed E-state index contributed by atoms with van der Waals surface area (Å²) in [5, 5.41) is 11.1. The molecule has 0 radical (unpaired) electrons. The number of aliphatic hydroxyl groups is 1. The first-order chi connectivity index (χ1) is 9.70. The van der Waals surface area contributed by atoms with E-state index in [-0.39, 0.29) is 6.61 Å².